The van der Waals surface area contributed by atoms with E-state index >= 15 is 0 Å². The number of aryl methyl sites for hydroxylation is 1. The minimum absolute atomic E-state index is 0.0514. The van der Waals surface area contributed by atoms with Crippen LogP contribution in [0.5, 0.6) is 0 Å². The summed E-state index contributed by atoms with van der Waals surface area (Å²) < 4.78 is 0. The summed E-state index contributed by atoms with van der Waals surface area (Å²) in [6.07, 6.45) is 1.75. The van der Waals surface area contributed by atoms with Gasteiger partial charge in [-0.25, -0.2) is 0 Å². The van der Waals surface area contributed by atoms with Gasteiger partial charge in [-0.2, -0.15) is 16.4 Å². The van der Waals surface area contributed by atoms with Crippen molar-refractivity contribution >= 4 is 22.9 Å². The van der Waals surface area contributed by atoms with Crippen molar-refractivity contribution in [3.8, 4) is 0 Å². The first-order chi connectivity index (χ1) is 9.13. The normalized spacial score (nSPS) is 12.3. The number of nitrogens with two attached hydrogens (primary N) is 1. The van der Waals surface area contributed by atoms with E-state index in [2.05, 4.69) is 22.4 Å². The van der Waals surface area contributed by atoms with Gasteiger partial charge >= 0.3 is 0 Å². The van der Waals surface area contributed by atoms with E-state index in [4.69, 9.17) is 5.73 Å². The molecule has 0 saturated heterocycles. The molecule has 1 atom stereocenters. The first-order valence-electron chi connectivity index (χ1n) is 6.29. The van der Waals surface area contributed by atoms with E-state index in [1.807, 2.05) is 23.8 Å². The Kier molecular flexibility index (Phi) is 4.21. The number of aromatic amines is 1. The summed E-state index contributed by atoms with van der Waals surface area (Å²) >= 11 is 1.61. The zero-order valence-electron chi connectivity index (χ0n) is 11.1. The summed E-state index contributed by atoms with van der Waals surface area (Å²) in [5, 5.41) is 13.7. The topological polar surface area (TPSA) is 83.8 Å². The summed E-state index contributed by atoms with van der Waals surface area (Å²) in [5.41, 5.74) is 8.58. The predicted octanol–water partition coefficient (Wildman–Crippen LogP) is 2.50. The maximum atomic E-state index is 12.1. The number of amides is 1. The highest BCUT2D eigenvalue weighted by Crippen LogP contribution is 2.19. The monoisotopic (exact) mass is 278 g/mol. The lowest BCUT2D eigenvalue weighted by atomic mass is 10.1. The summed E-state index contributed by atoms with van der Waals surface area (Å²) in [7, 11) is 0. The SMILES string of the molecule is CCCc1[nH]nc(C(=O)NC(C)c2ccsc2)c1N. The fourth-order valence-corrected chi connectivity index (χ4v) is 2.62. The highest BCUT2D eigenvalue weighted by atomic mass is 32.1. The molecule has 0 aromatic carbocycles. The van der Waals surface area contributed by atoms with E-state index < -0.39 is 0 Å². The van der Waals surface area contributed by atoms with Crippen LogP contribution in [0.1, 0.15) is 48.1 Å². The lowest BCUT2D eigenvalue weighted by Crippen LogP contribution is -2.27. The molecule has 1 unspecified atom stereocenters. The second kappa shape index (κ2) is 5.88. The molecule has 0 fully saturated rings. The molecule has 4 N–H and O–H groups in total. The van der Waals surface area contributed by atoms with Crippen molar-refractivity contribution in [3.05, 3.63) is 33.8 Å². The van der Waals surface area contributed by atoms with Crippen molar-refractivity contribution in [1.29, 1.82) is 0 Å². The molecule has 2 heterocycles. The third-order valence-corrected chi connectivity index (χ3v) is 3.69. The smallest absolute Gasteiger partial charge is 0.274 e. The van der Waals surface area contributed by atoms with Gasteiger partial charge < -0.3 is 11.1 Å². The average Bonchev–Trinajstić information content (AvgIpc) is 3.01. The maximum absolute atomic E-state index is 12.1. The number of H-pyrrole nitrogens is 1. The maximum Gasteiger partial charge on any atom is 0.274 e. The lowest BCUT2D eigenvalue weighted by molar-refractivity contribution is 0.0936. The average molecular weight is 278 g/mol. The summed E-state index contributed by atoms with van der Waals surface area (Å²) in [4.78, 5) is 12.1. The molecule has 0 aliphatic rings. The Labute approximate surface area is 116 Å². The highest BCUT2D eigenvalue weighted by Gasteiger charge is 2.19. The van der Waals surface area contributed by atoms with Crippen molar-refractivity contribution in [2.45, 2.75) is 32.7 Å². The van der Waals surface area contributed by atoms with E-state index in [0.29, 0.717) is 5.69 Å². The fourth-order valence-electron chi connectivity index (χ4n) is 1.87. The van der Waals surface area contributed by atoms with Crippen LogP contribution >= 0.6 is 11.3 Å². The fraction of sp³-hybridized carbons (Fsp3) is 0.385. The molecule has 5 nitrogen and oxygen atoms in total. The van der Waals surface area contributed by atoms with Crippen LogP contribution in [0.3, 0.4) is 0 Å². The van der Waals surface area contributed by atoms with E-state index in [0.717, 1.165) is 24.1 Å². The van der Waals surface area contributed by atoms with Crippen molar-refractivity contribution in [2.24, 2.45) is 0 Å². The van der Waals surface area contributed by atoms with Crippen molar-refractivity contribution in [1.82, 2.24) is 15.5 Å². The van der Waals surface area contributed by atoms with Gasteiger partial charge in [0.1, 0.15) is 0 Å². The first kappa shape index (κ1) is 13.6. The van der Waals surface area contributed by atoms with Gasteiger partial charge in [0.25, 0.3) is 5.91 Å². The first-order valence-corrected chi connectivity index (χ1v) is 7.23. The van der Waals surface area contributed by atoms with E-state index in [-0.39, 0.29) is 17.6 Å². The summed E-state index contributed by atoms with van der Waals surface area (Å²) in [5.74, 6) is -0.241. The summed E-state index contributed by atoms with van der Waals surface area (Å²) in [6.45, 7) is 3.99. The van der Waals surface area contributed by atoms with Gasteiger partial charge in [-0.3, -0.25) is 9.89 Å². The Balaban J connectivity index is 2.08. The minimum atomic E-state index is -0.241. The third kappa shape index (κ3) is 2.96. The zero-order chi connectivity index (χ0) is 13.8. The Hall–Kier alpha value is -1.82. The van der Waals surface area contributed by atoms with Crippen LogP contribution in [0.4, 0.5) is 5.69 Å². The number of carbonyl (C=O) groups is 1. The van der Waals surface area contributed by atoms with Crippen molar-refractivity contribution < 1.29 is 4.79 Å². The number of rotatable bonds is 5. The van der Waals surface area contributed by atoms with Gasteiger partial charge in [0.15, 0.2) is 5.69 Å². The molecule has 2 aromatic rings. The van der Waals surface area contributed by atoms with E-state index in [1.54, 1.807) is 11.3 Å². The number of nitrogens with zero attached hydrogens (tertiary/aromatic N) is 1. The molecule has 0 saturated carbocycles. The molecule has 0 bridgehead atoms. The molecular weight excluding hydrogens is 260 g/mol. The quantitative estimate of drug-likeness (QED) is 0.785. The molecule has 0 spiro atoms. The van der Waals surface area contributed by atoms with Crippen LogP contribution < -0.4 is 11.1 Å². The standard InChI is InChI=1S/C13H18N4OS/c1-3-4-10-11(14)12(17-16-10)13(18)15-8(2)9-5-6-19-7-9/h5-8H,3-4,14H2,1-2H3,(H,15,18)(H,16,17). The number of thiophene rings is 1. The zero-order valence-corrected chi connectivity index (χ0v) is 11.9. The molecule has 6 heteroatoms. The van der Waals surface area contributed by atoms with Crippen LogP contribution in [0, 0.1) is 0 Å². The predicted molar refractivity (Wildman–Crippen MR) is 77.2 cm³/mol. The van der Waals surface area contributed by atoms with Gasteiger partial charge in [-0.15, -0.1) is 0 Å². The van der Waals surface area contributed by atoms with Gasteiger partial charge in [0.05, 0.1) is 17.4 Å². The Morgan fingerprint density at radius 3 is 3.05 bits per heavy atom. The van der Waals surface area contributed by atoms with Crippen LogP contribution in [0.2, 0.25) is 0 Å². The van der Waals surface area contributed by atoms with Gasteiger partial charge in [0.2, 0.25) is 0 Å². The highest BCUT2D eigenvalue weighted by molar-refractivity contribution is 7.07. The summed E-state index contributed by atoms with van der Waals surface area (Å²) in [6, 6.07) is 1.94. The van der Waals surface area contributed by atoms with Gasteiger partial charge in [-0.05, 0) is 35.7 Å². The number of aromatic nitrogens is 2. The van der Waals surface area contributed by atoms with Crippen LogP contribution in [-0.4, -0.2) is 16.1 Å². The van der Waals surface area contributed by atoms with Crippen LogP contribution in [0.15, 0.2) is 16.8 Å². The molecule has 0 aliphatic heterocycles. The van der Waals surface area contributed by atoms with Crippen LogP contribution in [0.25, 0.3) is 0 Å². The molecule has 2 rings (SSSR count). The Morgan fingerprint density at radius 1 is 1.63 bits per heavy atom. The lowest BCUT2D eigenvalue weighted by Gasteiger charge is -2.11. The van der Waals surface area contributed by atoms with Crippen molar-refractivity contribution in [2.75, 3.05) is 5.73 Å². The number of hydrogen-bond acceptors (Lipinski definition) is 4. The largest absolute Gasteiger partial charge is 0.395 e. The van der Waals surface area contributed by atoms with Crippen molar-refractivity contribution in [3.63, 3.8) is 0 Å². The molecular formula is C13H18N4OS. The minimum Gasteiger partial charge on any atom is -0.395 e. The van der Waals surface area contributed by atoms with E-state index in [9.17, 15) is 4.79 Å². The second-order valence-corrected chi connectivity index (χ2v) is 5.25. The Morgan fingerprint density at radius 2 is 2.42 bits per heavy atom. The second-order valence-electron chi connectivity index (χ2n) is 4.47. The van der Waals surface area contributed by atoms with Gasteiger partial charge in [0, 0.05) is 0 Å². The number of hydrogen-bond donors (Lipinski definition) is 3. The Bertz CT molecular complexity index is 547. The third-order valence-electron chi connectivity index (χ3n) is 2.99. The molecule has 0 radical (unpaired) electrons. The molecule has 2 aromatic heterocycles. The number of carbonyl (C=O) groups excluding carboxylic acids is 1. The number of nitrogens with one attached hydrogen (secondary N) is 2. The van der Waals surface area contributed by atoms with Gasteiger partial charge in [-0.1, -0.05) is 13.3 Å². The molecule has 0 aliphatic carbocycles. The van der Waals surface area contributed by atoms with Crippen LogP contribution in [-0.2, 0) is 6.42 Å². The molecule has 102 valence electrons. The number of nitrogen functional groups attached to an aromatic ring is 1. The molecule has 19 heavy (non-hydrogen) atoms. The van der Waals surface area contributed by atoms with E-state index in [1.165, 1.54) is 0 Å². The molecule has 1 amide bonds. The number of anilines is 1.